The Hall–Kier alpha value is -2.88. The summed E-state index contributed by atoms with van der Waals surface area (Å²) in [5, 5.41) is 2.82. The Morgan fingerprint density at radius 2 is 1.71 bits per heavy atom. The van der Waals surface area contributed by atoms with Crippen molar-refractivity contribution in [2.24, 2.45) is 0 Å². The molecule has 0 unspecified atom stereocenters. The van der Waals surface area contributed by atoms with Gasteiger partial charge in [0.2, 0.25) is 0 Å². The Kier molecular flexibility index (Phi) is 5.06. The van der Waals surface area contributed by atoms with E-state index < -0.39 is 0 Å². The Balaban J connectivity index is 1.54. The molecule has 1 heterocycles. The van der Waals surface area contributed by atoms with E-state index in [4.69, 9.17) is 4.42 Å². The summed E-state index contributed by atoms with van der Waals surface area (Å²) in [6.45, 7) is 0.559. The van der Waals surface area contributed by atoms with Crippen molar-refractivity contribution in [1.29, 1.82) is 0 Å². The van der Waals surface area contributed by atoms with Crippen LogP contribution in [-0.2, 0) is 6.42 Å². The zero-order chi connectivity index (χ0) is 16.8. The van der Waals surface area contributed by atoms with Gasteiger partial charge in [0, 0.05) is 6.54 Å². The van der Waals surface area contributed by atoms with Crippen LogP contribution in [0.5, 0.6) is 0 Å². The van der Waals surface area contributed by atoms with Crippen molar-refractivity contribution in [3.63, 3.8) is 0 Å². The highest BCUT2D eigenvalue weighted by molar-refractivity contribution is 5.92. The molecule has 0 saturated carbocycles. The van der Waals surface area contributed by atoms with Gasteiger partial charge in [0.25, 0.3) is 5.91 Å². The quantitative estimate of drug-likeness (QED) is 0.681. The lowest BCUT2D eigenvalue weighted by molar-refractivity contribution is 0.0926. The van der Waals surface area contributed by atoms with E-state index in [9.17, 15) is 9.18 Å². The summed E-state index contributed by atoms with van der Waals surface area (Å²) in [5.41, 5.74) is 1.59. The summed E-state index contributed by atoms with van der Waals surface area (Å²) in [7, 11) is 0. The number of amides is 1. The van der Waals surface area contributed by atoms with Gasteiger partial charge >= 0.3 is 0 Å². The van der Waals surface area contributed by atoms with Crippen molar-refractivity contribution < 1.29 is 13.6 Å². The largest absolute Gasteiger partial charge is 0.451 e. The van der Waals surface area contributed by atoms with Crippen LogP contribution in [-0.4, -0.2) is 12.5 Å². The second kappa shape index (κ2) is 7.59. The molecule has 0 fully saturated rings. The molecule has 0 aliphatic heterocycles. The van der Waals surface area contributed by atoms with Crippen molar-refractivity contribution in [2.45, 2.75) is 12.8 Å². The molecule has 122 valence electrons. The molecule has 0 bridgehead atoms. The number of carbonyl (C=O) groups is 1. The van der Waals surface area contributed by atoms with Gasteiger partial charge in [0.1, 0.15) is 11.6 Å². The molecule has 1 amide bonds. The van der Waals surface area contributed by atoms with Crippen LogP contribution in [0.1, 0.15) is 22.5 Å². The fraction of sp³-hybridized carbons (Fsp3) is 0.150. The number of hydrogen-bond donors (Lipinski definition) is 1. The highest BCUT2D eigenvalue weighted by Gasteiger charge is 2.13. The number of halogens is 1. The molecule has 0 aliphatic carbocycles. The van der Waals surface area contributed by atoms with Crippen LogP contribution in [0.4, 0.5) is 4.39 Å². The Morgan fingerprint density at radius 1 is 0.958 bits per heavy atom. The van der Waals surface area contributed by atoms with E-state index in [0.29, 0.717) is 17.9 Å². The molecular weight excluding hydrogens is 305 g/mol. The highest BCUT2D eigenvalue weighted by Crippen LogP contribution is 2.24. The third-order valence-electron chi connectivity index (χ3n) is 3.74. The number of benzene rings is 2. The Labute approximate surface area is 140 Å². The number of aryl methyl sites for hydroxylation is 1. The van der Waals surface area contributed by atoms with E-state index in [1.807, 2.05) is 18.2 Å². The molecule has 0 atom stereocenters. The van der Waals surface area contributed by atoms with Crippen LogP contribution in [0.25, 0.3) is 11.3 Å². The second-order valence-corrected chi connectivity index (χ2v) is 5.49. The molecule has 3 rings (SSSR count). The van der Waals surface area contributed by atoms with Gasteiger partial charge in [-0.3, -0.25) is 4.79 Å². The van der Waals surface area contributed by atoms with E-state index in [2.05, 4.69) is 17.4 Å². The van der Waals surface area contributed by atoms with Crippen molar-refractivity contribution in [3.05, 3.63) is 83.9 Å². The van der Waals surface area contributed by atoms with E-state index in [-0.39, 0.29) is 17.5 Å². The minimum Gasteiger partial charge on any atom is -0.451 e. The number of furan rings is 1. The number of rotatable bonds is 6. The smallest absolute Gasteiger partial charge is 0.287 e. The third kappa shape index (κ3) is 3.90. The topological polar surface area (TPSA) is 42.2 Å². The molecule has 3 aromatic rings. The fourth-order valence-electron chi connectivity index (χ4n) is 2.49. The lowest BCUT2D eigenvalue weighted by atomic mass is 10.1. The molecule has 24 heavy (non-hydrogen) atoms. The molecule has 4 heteroatoms. The van der Waals surface area contributed by atoms with Gasteiger partial charge in [0.15, 0.2) is 5.76 Å². The summed E-state index contributed by atoms with van der Waals surface area (Å²) in [5.74, 6) is -0.122. The summed E-state index contributed by atoms with van der Waals surface area (Å²) in [4.78, 5) is 12.1. The van der Waals surface area contributed by atoms with Crippen molar-refractivity contribution >= 4 is 5.91 Å². The molecule has 0 spiro atoms. The maximum atomic E-state index is 13.7. The van der Waals surface area contributed by atoms with Crippen molar-refractivity contribution in [1.82, 2.24) is 5.32 Å². The zero-order valence-electron chi connectivity index (χ0n) is 13.2. The maximum absolute atomic E-state index is 13.7. The first-order valence-corrected chi connectivity index (χ1v) is 7.91. The van der Waals surface area contributed by atoms with E-state index >= 15 is 0 Å². The van der Waals surface area contributed by atoms with E-state index in [1.165, 1.54) is 11.6 Å². The van der Waals surface area contributed by atoms with Crippen LogP contribution in [0.3, 0.4) is 0 Å². The lowest BCUT2D eigenvalue weighted by Crippen LogP contribution is -2.24. The van der Waals surface area contributed by atoms with Gasteiger partial charge in [-0.05, 0) is 42.7 Å². The molecule has 0 aliphatic rings. The number of hydrogen-bond acceptors (Lipinski definition) is 2. The number of nitrogens with one attached hydrogen (secondary N) is 1. The fourth-order valence-corrected chi connectivity index (χ4v) is 2.49. The van der Waals surface area contributed by atoms with Crippen LogP contribution >= 0.6 is 0 Å². The SMILES string of the molecule is O=C(NCCCc1ccccc1)c1ccc(-c2ccccc2F)o1. The van der Waals surface area contributed by atoms with Gasteiger partial charge in [-0.1, -0.05) is 42.5 Å². The molecule has 1 aromatic heterocycles. The summed E-state index contributed by atoms with van der Waals surface area (Å²) >= 11 is 0. The van der Waals surface area contributed by atoms with Crippen molar-refractivity contribution in [2.75, 3.05) is 6.54 Å². The average Bonchev–Trinajstić information content (AvgIpc) is 3.10. The van der Waals surface area contributed by atoms with Crippen LogP contribution in [0.2, 0.25) is 0 Å². The van der Waals surface area contributed by atoms with E-state index in [0.717, 1.165) is 12.8 Å². The minimum absolute atomic E-state index is 0.188. The second-order valence-electron chi connectivity index (χ2n) is 5.49. The molecule has 0 saturated heterocycles. The van der Waals surface area contributed by atoms with Gasteiger partial charge in [-0.15, -0.1) is 0 Å². The molecule has 2 aromatic carbocycles. The van der Waals surface area contributed by atoms with Gasteiger partial charge in [-0.25, -0.2) is 4.39 Å². The van der Waals surface area contributed by atoms with Crippen LogP contribution in [0, 0.1) is 5.82 Å². The lowest BCUT2D eigenvalue weighted by Gasteiger charge is -2.04. The summed E-state index contributed by atoms with van der Waals surface area (Å²) < 4.78 is 19.2. The molecular formula is C20H18FNO2. The highest BCUT2D eigenvalue weighted by atomic mass is 19.1. The minimum atomic E-state index is -0.373. The summed E-state index contributed by atoms with van der Waals surface area (Å²) in [6.07, 6.45) is 1.75. The maximum Gasteiger partial charge on any atom is 0.287 e. The van der Waals surface area contributed by atoms with Gasteiger partial charge in [-0.2, -0.15) is 0 Å². The van der Waals surface area contributed by atoms with E-state index in [1.54, 1.807) is 30.3 Å². The van der Waals surface area contributed by atoms with Gasteiger partial charge in [0.05, 0.1) is 5.56 Å². The average molecular weight is 323 g/mol. The first-order chi connectivity index (χ1) is 11.7. The van der Waals surface area contributed by atoms with Crippen molar-refractivity contribution in [3.8, 4) is 11.3 Å². The number of carbonyl (C=O) groups excluding carboxylic acids is 1. The first-order valence-electron chi connectivity index (χ1n) is 7.91. The molecule has 1 N–H and O–H groups in total. The van der Waals surface area contributed by atoms with Gasteiger partial charge < -0.3 is 9.73 Å². The normalized spacial score (nSPS) is 10.5. The first kappa shape index (κ1) is 16.0. The Morgan fingerprint density at radius 3 is 2.50 bits per heavy atom. The zero-order valence-corrected chi connectivity index (χ0v) is 13.2. The predicted molar refractivity (Wildman–Crippen MR) is 91.2 cm³/mol. The predicted octanol–water partition coefficient (Wildman–Crippen LogP) is 4.45. The third-order valence-corrected chi connectivity index (χ3v) is 3.74. The standard InChI is InChI=1S/C20H18FNO2/c21-17-11-5-4-10-16(17)18-12-13-19(24-18)20(23)22-14-6-9-15-7-2-1-3-8-15/h1-5,7-8,10-13H,6,9,14H2,(H,22,23). The summed E-state index contributed by atoms with van der Waals surface area (Å²) in [6, 6.07) is 19.6. The Bertz CT molecular complexity index is 811. The monoisotopic (exact) mass is 323 g/mol. The van der Waals surface area contributed by atoms with Crippen LogP contribution in [0.15, 0.2) is 71.1 Å². The van der Waals surface area contributed by atoms with Crippen LogP contribution < -0.4 is 5.32 Å². The molecule has 3 nitrogen and oxygen atoms in total. The molecule has 0 radical (unpaired) electrons.